The Morgan fingerprint density at radius 1 is 1.45 bits per heavy atom. The summed E-state index contributed by atoms with van der Waals surface area (Å²) in [7, 11) is 0. The topological polar surface area (TPSA) is 67.2 Å². The molecule has 6 nitrogen and oxygen atoms in total. The quantitative estimate of drug-likeness (QED) is 0.899. The molecule has 1 aromatic rings. The molecule has 0 radical (unpaired) electrons. The van der Waals surface area contributed by atoms with Crippen LogP contribution in [0.25, 0.3) is 0 Å². The molecule has 1 aliphatic heterocycles. The standard InChI is InChI=1S/C14H22N4O2/c1-4-17-9-11(8-15-17)18-6-5-13(19)16-12(14(18)20)7-10(2)3/h8-10,12H,4-7H2,1-3H3,(H,16,19). The van der Waals surface area contributed by atoms with Gasteiger partial charge in [0.15, 0.2) is 0 Å². The molecule has 0 bridgehead atoms. The second-order valence-corrected chi connectivity index (χ2v) is 5.54. The number of aryl methyl sites for hydroxylation is 1. The molecule has 0 aliphatic carbocycles. The van der Waals surface area contributed by atoms with E-state index < -0.39 is 6.04 Å². The van der Waals surface area contributed by atoms with Crippen molar-refractivity contribution in [1.82, 2.24) is 15.1 Å². The summed E-state index contributed by atoms with van der Waals surface area (Å²) in [5.41, 5.74) is 0.766. The number of carbonyl (C=O) groups is 2. The number of aromatic nitrogens is 2. The van der Waals surface area contributed by atoms with Gasteiger partial charge in [-0.1, -0.05) is 13.8 Å². The number of rotatable bonds is 4. The molecule has 0 saturated carbocycles. The smallest absolute Gasteiger partial charge is 0.249 e. The number of nitrogens with one attached hydrogen (secondary N) is 1. The van der Waals surface area contributed by atoms with Crippen molar-refractivity contribution in [2.45, 2.75) is 46.2 Å². The molecule has 1 atom stereocenters. The van der Waals surface area contributed by atoms with Crippen molar-refractivity contribution in [3.8, 4) is 0 Å². The van der Waals surface area contributed by atoms with E-state index in [0.717, 1.165) is 12.2 Å². The minimum absolute atomic E-state index is 0.0415. The third-order valence-electron chi connectivity index (χ3n) is 3.42. The largest absolute Gasteiger partial charge is 0.344 e. The molecule has 1 aromatic heterocycles. The number of amides is 2. The predicted molar refractivity (Wildman–Crippen MR) is 76.3 cm³/mol. The van der Waals surface area contributed by atoms with Crippen LogP contribution in [0.15, 0.2) is 12.4 Å². The van der Waals surface area contributed by atoms with Gasteiger partial charge in [0.25, 0.3) is 0 Å². The Balaban J connectivity index is 2.22. The number of hydrogen-bond acceptors (Lipinski definition) is 3. The molecule has 0 spiro atoms. The Kier molecular flexibility index (Phi) is 4.42. The van der Waals surface area contributed by atoms with Crippen LogP contribution in [0.5, 0.6) is 0 Å². The summed E-state index contributed by atoms with van der Waals surface area (Å²) in [4.78, 5) is 26.0. The van der Waals surface area contributed by atoms with Gasteiger partial charge in [0.05, 0.1) is 11.9 Å². The Hall–Kier alpha value is -1.85. The Morgan fingerprint density at radius 2 is 2.20 bits per heavy atom. The predicted octanol–water partition coefficient (Wildman–Crippen LogP) is 1.17. The Labute approximate surface area is 119 Å². The SMILES string of the molecule is CCn1cc(N2CCC(=O)NC(CC(C)C)C2=O)cn1. The van der Waals surface area contributed by atoms with Gasteiger partial charge in [-0.3, -0.25) is 14.3 Å². The summed E-state index contributed by atoms with van der Waals surface area (Å²) in [6.45, 7) is 7.25. The normalized spacial score (nSPS) is 20.2. The molecule has 110 valence electrons. The summed E-state index contributed by atoms with van der Waals surface area (Å²) in [5.74, 6) is 0.247. The second-order valence-electron chi connectivity index (χ2n) is 5.54. The molecule has 1 aliphatic rings. The van der Waals surface area contributed by atoms with Gasteiger partial charge >= 0.3 is 0 Å². The summed E-state index contributed by atoms with van der Waals surface area (Å²) in [6.07, 6.45) is 4.52. The van der Waals surface area contributed by atoms with Gasteiger partial charge in [0.1, 0.15) is 6.04 Å². The van der Waals surface area contributed by atoms with Crippen molar-refractivity contribution in [1.29, 1.82) is 0 Å². The zero-order valence-corrected chi connectivity index (χ0v) is 12.3. The molecule has 6 heteroatoms. The monoisotopic (exact) mass is 278 g/mol. The van der Waals surface area contributed by atoms with Crippen LogP contribution < -0.4 is 10.2 Å². The Bertz CT molecular complexity index is 495. The van der Waals surface area contributed by atoms with E-state index in [1.807, 2.05) is 27.0 Å². The fraction of sp³-hybridized carbons (Fsp3) is 0.643. The van der Waals surface area contributed by atoms with Crippen LogP contribution in [0.4, 0.5) is 5.69 Å². The molecule has 2 amide bonds. The molecule has 20 heavy (non-hydrogen) atoms. The first kappa shape index (κ1) is 14.6. The van der Waals surface area contributed by atoms with Crippen molar-refractivity contribution < 1.29 is 9.59 Å². The number of carbonyl (C=O) groups excluding carboxylic acids is 2. The van der Waals surface area contributed by atoms with Gasteiger partial charge in [0, 0.05) is 25.7 Å². The van der Waals surface area contributed by atoms with Crippen LogP contribution in [0.3, 0.4) is 0 Å². The van der Waals surface area contributed by atoms with Gasteiger partial charge in [-0.25, -0.2) is 0 Å². The molecule has 1 saturated heterocycles. The molecule has 2 heterocycles. The number of nitrogens with zero attached hydrogens (tertiary/aromatic N) is 3. The minimum atomic E-state index is -0.435. The first-order valence-corrected chi connectivity index (χ1v) is 7.14. The minimum Gasteiger partial charge on any atom is -0.344 e. The van der Waals surface area contributed by atoms with Gasteiger partial charge in [-0.15, -0.1) is 0 Å². The maximum Gasteiger partial charge on any atom is 0.249 e. The molecule has 0 aromatic carbocycles. The average Bonchev–Trinajstić information content (AvgIpc) is 2.81. The highest BCUT2D eigenvalue weighted by molar-refractivity contribution is 6.01. The average molecular weight is 278 g/mol. The summed E-state index contributed by atoms with van der Waals surface area (Å²) in [5, 5.41) is 7.02. The summed E-state index contributed by atoms with van der Waals surface area (Å²) >= 11 is 0. The van der Waals surface area contributed by atoms with E-state index in [9.17, 15) is 9.59 Å². The summed E-state index contributed by atoms with van der Waals surface area (Å²) in [6, 6.07) is -0.435. The van der Waals surface area contributed by atoms with Gasteiger partial charge in [-0.2, -0.15) is 5.10 Å². The van der Waals surface area contributed by atoms with Gasteiger partial charge in [0.2, 0.25) is 11.8 Å². The first-order valence-electron chi connectivity index (χ1n) is 7.14. The maximum atomic E-state index is 12.6. The van der Waals surface area contributed by atoms with Gasteiger partial charge < -0.3 is 10.2 Å². The fourth-order valence-electron chi connectivity index (χ4n) is 2.39. The lowest BCUT2D eigenvalue weighted by Gasteiger charge is -2.23. The van der Waals surface area contributed by atoms with E-state index in [4.69, 9.17) is 0 Å². The van der Waals surface area contributed by atoms with E-state index in [1.54, 1.807) is 15.8 Å². The van der Waals surface area contributed by atoms with E-state index in [2.05, 4.69) is 10.4 Å². The molecular formula is C14H22N4O2. The van der Waals surface area contributed by atoms with Crippen molar-refractivity contribution in [2.75, 3.05) is 11.4 Å². The van der Waals surface area contributed by atoms with Crippen molar-refractivity contribution >= 4 is 17.5 Å². The molecule has 2 rings (SSSR count). The van der Waals surface area contributed by atoms with Crippen LogP contribution in [-0.2, 0) is 16.1 Å². The van der Waals surface area contributed by atoms with E-state index >= 15 is 0 Å². The van der Waals surface area contributed by atoms with Crippen molar-refractivity contribution in [3.63, 3.8) is 0 Å². The van der Waals surface area contributed by atoms with Crippen LogP contribution in [0.2, 0.25) is 0 Å². The van der Waals surface area contributed by atoms with E-state index in [1.165, 1.54) is 0 Å². The zero-order chi connectivity index (χ0) is 14.7. The molecule has 1 unspecified atom stereocenters. The third kappa shape index (κ3) is 3.18. The first-order chi connectivity index (χ1) is 9.51. The number of hydrogen-bond donors (Lipinski definition) is 1. The summed E-state index contributed by atoms with van der Waals surface area (Å²) < 4.78 is 1.78. The van der Waals surface area contributed by atoms with Crippen LogP contribution in [0.1, 0.15) is 33.6 Å². The van der Waals surface area contributed by atoms with Crippen LogP contribution in [0, 0.1) is 5.92 Å². The van der Waals surface area contributed by atoms with Crippen molar-refractivity contribution in [3.05, 3.63) is 12.4 Å². The van der Waals surface area contributed by atoms with Gasteiger partial charge in [-0.05, 0) is 19.3 Å². The molecule has 1 N–H and O–H groups in total. The lowest BCUT2D eigenvalue weighted by molar-refractivity contribution is -0.125. The van der Waals surface area contributed by atoms with Crippen molar-refractivity contribution in [2.24, 2.45) is 5.92 Å². The lowest BCUT2D eigenvalue weighted by Crippen LogP contribution is -2.45. The highest BCUT2D eigenvalue weighted by Crippen LogP contribution is 2.19. The third-order valence-corrected chi connectivity index (χ3v) is 3.42. The molecular weight excluding hydrogens is 256 g/mol. The van der Waals surface area contributed by atoms with Crippen LogP contribution in [-0.4, -0.2) is 34.2 Å². The zero-order valence-electron chi connectivity index (χ0n) is 12.3. The number of anilines is 1. The van der Waals surface area contributed by atoms with E-state index in [0.29, 0.717) is 25.3 Å². The second kappa shape index (κ2) is 6.07. The highest BCUT2D eigenvalue weighted by atomic mass is 16.2. The molecule has 1 fully saturated rings. The van der Waals surface area contributed by atoms with E-state index in [-0.39, 0.29) is 11.8 Å². The fourth-order valence-corrected chi connectivity index (χ4v) is 2.39. The highest BCUT2D eigenvalue weighted by Gasteiger charge is 2.31. The Morgan fingerprint density at radius 3 is 2.80 bits per heavy atom. The lowest BCUT2D eigenvalue weighted by atomic mass is 10.0. The van der Waals surface area contributed by atoms with Crippen LogP contribution >= 0.6 is 0 Å². The maximum absolute atomic E-state index is 12.6.